The molecule has 1 fully saturated rings. The first-order valence-electron chi connectivity index (χ1n) is 10.6. The molecular formula is C21H22ClFN6O6S. The van der Waals surface area contributed by atoms with E-state index in [1.54, 1.807) is 12.3 Å². The Morgan fingerprint density at radius 2 is 2.08 bits per heavy atom. The fourth-order valence-electron chi connectivity index (χ4n) is 3.76. The molecule has 2 heterocycles. The minimum absolute atomic E-state index is 0.0245. The van der Waals surface area contributed by atoms with Crippen molar-refractivity contribution >= 4 is 33.5 Å². The van der Waals surface area contributed by atoms with E-state index in [1.165, 1.54) is 35.4 Å². The maximum Gasteiger partial charge on any atom is 0.335 e. The highest BCUT2D eigenvalue weighted by molar-refractivity contribution is 7.84. The second kappa shape index (κ2) is 10.5. The summed E-state index contributed by atoms with van der Waals surface area (Å²) in [7, 11) is -2.95. The van der Waals surface area contributed by atoms with Crippen molar-refractivity contribution < 1.29 is 32.0 Å². The predicted molar refractivity (Wildman–Crippen MR) is 125 cm³/mol. The third-order valence-corrected chi connectivity index (χ3v) is 6.90. The smallest absolute Gasteiger partial charge is 0.335 e. The van der Waals surface area contributed by atoms with Crippen LogP contribution in [0.2, 0.25) is 5.02 Å². The number of nitrogens with one attached hydrogen (secondary N) is 2. The molecule has 3 aromatic rings. The lowest BCUT2D eigenvalue weighted by molar-refractivity contribution is -0.00882. The molecule has 1 aliphatic rings. The van der Waals surface area contributed by atoms with Gasteiger partial charge in [0.05, 0.1) is 23.2 Å². The monoisotopic (exact) mass is 540 g/mol. The zero-order chi connectivity index (χ0) is 26.0. The van der Waals surface area contributed by atoms with Gasteiger partial charge in [-0.1, -0.05) is 17.7 Å². The molecule has 12 nitrogen and oxygen atoms in total. The van der Waals surface area contributed by atoms with Gasteiger partial charge in [0.1, 0.15) is 42.0 Å². The molecule has 4 atom stereocenters. The molecule has 2 aromatic heterocycles. The van der Waals surface area contributed by atoms with Crippen LogP contribution >= 0.6 is 11.6 Å². The maximum atomic E-state index is 13.4. The Bertz CT molecular complexity index is 1370. The van der Waals surface area contributed by atoms with Gasteiger partial charge in [-0.25, -0.2) is 14.4 Å². The first kappa shape index (κ1) is 26.1. The summed E-state index contributed by atoms with van der Waals surface area (Å²) in [5, 5.41) is 27.7. The molecule has 1 aromatic carbocycles. The van der Waals surface area contributed by atoms with Crippen LogP contribution in [0.25, 0.3) is 0 Å². The molecule has 192 valence electrons. The van der Waals surface area contributed by atoms with Crippen LogP contribution in [0.1, 0.15) is 28.0 Å². The average Bonchev–Trinajstić information content (AvgIpc) is 3.41. The van der Waals surface area contributed by atoms with Crippen LogP contribution in [0, 0.1) is 5.82 Å². The van der Waals surface area contributed by atoms with E-state index in [2.05, 4.69) is 20.4 Å². The topological polar surface area (TPSA) is 169 Å². The Kier molecular flexibility index (Phi) is 7.63. The molecule has 0 aliphatic heterocycles. The summed E-state index contributed by atoms with van der Waals surface area (Å²) in [4.78, 5) is 21.1. The van der Waals surface area contributed by atoms with E-state index in [-0.39, 0.29) is 35.1 Å². The number of aliphatic hydroxyl groups is 2. The van der Waals surface area contributed by atoms with Crippen LogP contribution < -0.4 is 10.0 Å². The number of aliphatic hydroxyl groups excluding tert-OH is 2. The lowest BCUT2D eigenvalue weighted by Crippen LogP contribution is -2.38. The second-order valence-corrected chi connectivity index (χ2v) is 9.94. The van der Waals surface area contributed by atoms with Gasteiger partial charge in [0.15, 0.2) is 0 Å². The van der Waals surface area contributed by atoms with Crippen LogP contribution in [0.4, 0.5) is 10.2 Å². The lowest BCUT2D eigenvalue weighted by Gasteiger charge is -2.19. The summed E-state index contributed by atoms with van der Waals surface area (Å²) in [5.41, 5.74) is 0.801. The number of nitrogens with zero attached hydrogens (tertiary/aromatic N) is 4. The zero-order valence-corrected chi connectivity index (χ0v) is 20.3. The average molecular weight is 541 g/mol. The number of hydrogen-bond donors (Lipinski definition) is 4. The number of anilines is 1. The van der Waals surface area contributed by atoms with Crippen LogP contribution in [-0.2, 0) is 21.0 Å². The first-order valence-corrected chi connectivity index (χ1v) is 12.4. The Balaban J connectivity index is 1.49. The maximum absolute atomic E-state index is 13.4. The van der Waals surface area contributed by atoms with Gasteiger partial charge < -0.3 is 15.5 Å². The molecule has 0 amide bonds. The molecule has 0 bridgehead atoms. The summed E-state index contributed by atoms with van der Waals surface area (Å²) >= 11 is 5.82. The summed E-state index contributed by atoms with van der Waals surface area (Å²) < 4.78 is 45.1. The van der Waals surface area contributed by atoms with Crippen molar-refractivity contribution in [3.8, 4) is 0 Å². The van der Waals surface area contributed by atoms with Crippen LogP contribution in [0.3, 0.4) is 0 Å². The SMILES string of the molecule is CNS(=O)(=O)O[C@@H]1C[C@@H](Nc2ncncc2C(=O)c2ccn(Cc3ccc(F)c(Cl)c3)n2)[C@H](O)[C@H]1O. The molecule has 0 spiro atoms. The van der Waals surface area contributed by atoms with E-state index in [0.29, 0.717) is 5.56 Å². The Hall–Kier alpha value is -3.01. The van der Waals surface area contributed by atoms with E-state index < -0.39 is 46.3 Å². The Morgan fingerprint density at radius 1 is 1.31 bits per heavy atom. The molecule has 0 radical (unpaired) electrons. The number of carbonyl (C=O) groups excluding carboxylic acids is 1. The van der Waals surface area contributed by atoms with Gasteiger partial charge in [-0.2, -0.15) is 18.2 Å². The summed E-state index contributed by atoms with van der Waals surface area (Å²) in [6.07, 6.45) is -0.172. The van der Waals surface area contributed by atoms with Crippen molar-refractivity contribution in [1.29, 1.82) is 0 Å². The lowest BCUT2D eigenvalue weighted by atomic mass is 10.1. The van der Waals surface area contributed by atoms with Gasteiger partial charge in [0.2, 0.25) is 5.78 Å². The fraction of sp³-hybridized carbons (Fsp3) is 0.333. The molecule has 4 N–H and O–H groups in total. The number of carbonyl (C=O) groups is 1. The highest BCUT2D eigenvalue weighted by atomic mass is 35.5. The van der Waals surface area contributed by atoms with Crippen molar-refractivity contribution in [3.05, 3.63) is 70.6 Å². The normalized spacial score (nSPS) is 22.0. The summed E-state index contributed by atoms with van der Waals surface area (Å²) in [6.45, 7) is 0.243. The summed E-state index contributed by atoms with van der Waals surface area (Å²) in [5.74, 6) is -1.00. The largest absolute Gasteiger partial charge is 0.388 e. The van der Waals surface area contributed by atoms with E-state index in [0.717, 1.165) is 7.05 Å². The van der Waals surface area contributed by atoms with Crippen LogP contribution in [0.5, 0.6) is 0 Å². The minimum Gasteiger partial charge on any atom is -0.388 e. The number of benzene rings is 1. The molecule has 1 saturated carbocycles. The van der Waals surface area contributed by atoms with Crippen LogP contribution in [-0.4, -0.2) is 75.6 Å². The quantitative estimate of drug-likeness (QED) is 0.280. The van der Waals surface area contributed by atoms with Gasteiger partial charge in [-0.3, -0.25) is 13.7 Å². The predicted octanol–water partition coefficient (Wildman–Crippen LogP) is 0.500. The third kappa shape index (κ3) is 5.69. The first-order chi connectivity index (χ1) is 17.1. The molecule has 15 heteroatoms. The highest BCUT2D eigenvalue weighted by Gasteiger charge is 2.44. The Morgan fingerprint density at radius 3 is 2.81 bits per heavy atom. The van der Waals surface area contributed by atoms with Gasteiger partial charge in [-0.15, -0.1) is 0 Å². The number of aromatic nitrogens is 4. The molecule has 0 unspecified atom stereocenters. The van der Waals surface area contributed by atoms with Crippen molar-refractivity contribution in [1.82, 2.24) is 24.5 Å². The molecule has 36 heavy (non-hydrogen) atoms. The minimum atomic E-state index is -4.10. The van der Waals surface area contributed by atoms with Crippen molar-refractivity contribution in [2.45, 2.75) is 37.3 Å². The highest BCUT2D eigenvalue weighted by Crippen LogP contribution is 2.28. The fourth-order valence-corrected chi connectivity index (χ4v) is 4.58. The molecular weight excluding hydrogens is 519 g/mol. The number of ketones is 1. The molecule has 0 saturated heterocycles. The van der Waals surface area contributed by atoms with Gasteiger partial charge in [0, 0.05) is 25.9 Å². The van der Waals surface area contributed by atoms with Crippen molar-refractivity contribution in [3.63, 3.8) is 0 Å². The van der Waals surface area contributed by atoms with Crippen molar-refractivity contribution in [2.75, 3.05) is 12.4 Å². The number of hydrogen-bond acceptors (Lipinski definition) is 10. The third-order valence-electron chi connectivity index (χ3n) is 5.61. The number of halogens is 2. The van der Waals surface area contributed by atoms with Crippen LogP contribution in [0.15, 0.2) is 43.0 Å². The van der Waals surface area contributed by atoms with E-state index in [4.69, 9.17) is 15.8 Å². The van der Waals surface area contributed by atoms with E-state index >= 15 is 0 Å². The standard InChI is InChI=1S/C21H22ClFN6O6S/c1-24-36(33,34)35-17-7-16(19(31)20(17)32)27-21-12(8-25-10-26-21)18(30)15-4-5-29(28-15)9-11-2-3-14(23)13(22)6-11/h2-6,8,10,16-17,19-20,24,31-32H,7,9H2,1H3,(H,25,26,27)/t16-,17-,19+,20+/m1/s1. The zero-order valence-electron chi connectivity index (χ0n) is 18.7. The second-order valence-electron chi connectivity index (χ2n) is 8.02. The van der Waals surface area contributed by atoms with Gasteiger partial charge >= 0.3 is 10.3 Å². The van der Waals surface area contributed by atoms with E-state index in [9.17, 15) is 27.8 Å². The molecule has 4 rings (SSSR count). The number of rotatable bonds is 9. The van der Waals surface area contributed by atoms with Crippen molar-refractivity contribution in [2.24, 2.45) is 0 Å². The summed E-state index contributed by atoms with van der Waals surface area (Å²) in [6, 6.07) is 4.87. The van der Waals surface area contributed by atoms with Gasteiger partial charge in [-0.05, 0) is 23.8 Å². The van der Waals surface area contributed by atoms with E-state index in [1.807, 2.05) is 4.72 Å². The molecule has 1 aliphatic carbocycles. The van der Waals surface area contributed by atoms with Gasteiger partial charge in [0.25, 0.3) is 0 Å². The Labute approximate surface area is 210 Å².